The van der Waals surface area contributed by atoms with E-state index in [1.165, 1.54) is 46.9 Å². The van der Waals surface area contributed by atoms with Crippen LogP contribution in [0.1, 0.15) is 195 Å². The monoisotopic (exact) mass is 1470 g/mol. The van der Waals surface area contributed by atoms with Gasteiger partial charge in [-0.15, -0.1) is 22.7 Å². The van der Waals surface area contributed by atoms with Crippen LogP contribution in [-0.4, -0.2) is 104 Å². The number of halogens is 2. The molecular weight excluding hydrogens is 1370 g/mol. The number of rotatable bonds is 19. The van der Waals surface area contributed by atoms with Crippen LogP contribution < -0.4 is 0 Å². The van der Waals surface area contributed by atoms with Crippen LogP contribution in [0.2, 0.25) is 0 Å². The van der Waals surface area contributed by atoms with Crippen LogP contribution in [0.5, 0.6) is 0 Å². The van der Waals surface area contributed by atoms with E-state index in [1.54, 1.807) is 194 Å². The molecule has 104 heavy (non-hydrogen) atoms. The number of hydrogen-bond donors (Lipinski definition) is 0. The molecule has 2 saturated heterocycles. The molecule has 4 aromatic carbocycles. The van der Waals surface area contributed by atoms with E-state index < -0.39 is 154 Å². The van der Waals surface area contributed by atoms with E-state index in [1.807, 2.05) is 50.2 Å². The Bertz CT molecular complexity index is 4080. The molecule has 0 bridgehead atoms. The first-order chi connectivity index (χ1) is 47.9. The fourth-order valence-corrected chi connectivity index (χ4v) is 13.1. The van der Waals surface area contributed by atoms with Crippen molar-refractivity contribution in [1.29, 1.82) is 0 Å². The number of ether oxygens (including phenoxy) is 10. The van der Waals surface area contributed by atoms with E-state index in [9.17, 15) is 32.8 Å². The highest BCUT2D eigenvalue weighted by Crippen LogP contribution is 2.49. The standard InChI is InChI=1S/C83H104F2O17S2/c1-46-24-26-50(40-51(46)42-56-36-38-60(103-56)48-27-32-54(84)33-28-48)62-65(98-72(89)79(12,13)14)66(99-73(90)80(15,16)17)63(96-70(87)77(6,7)8)58(95-62)45-94-83(53-31-25-47(2)52(41-53)43-57-37-39-61(104-57)49-29-34-55(85)35-30-49)68(101-75(92)82(21,22)23)67(100-74(91)81(18,19)20)64(97-71(88)78(9,10)11)59(102-83)44-93-69(86)76(3,4)5/h24-41,58-59,62-68H,42-45H2,1-23H3/t58-,59-,62+,63-,64-,65+,66+,67+,68-,83+/m1/s1. The molecule has 0 amide bonds. The molecule has 4 heterocycles. The topological polar surface area (TPSA) is 212 Å². The van der Waals surface area contributed by atoms with Crippen molar-refractivity contribution in [2.24, 2.45) is 37.9 Å². The van der Waals surface area contributed by atoms with Gasteiger partial charge in [-0.05, 0) is 253 Å². The van der Waals surface area contributed by atoms with E-state index >= 15 is 9.59 Å². The lowest BCUT2D eigenvalue weighted by Gasteiger charge is -2.53. The van der Waals surface area contributed by atoms with Gasteiger partial charge in [0, 0.05) is 37.9 Å². The fraction of sp³-hybridized carbons (Fsp3) is 0.530. The summed E-state index contributed by atoms with van der Waals surface area (Å²) in [4.78, 5) is 107. The summed E-state index contributed by atoms with van der Waals surface area (Å²) in [5.74, 6) is -8.82. The van der Waals surface area contributed by atoms with Gasteiger partial charge >= 0.3 is 41.8 Å². The lowest BCUT2D eigenvalue weighted by molar-refractivity contribution is -0.384. The summed E-state index contributed by atoms with van der Waals surface area (Å²) < 4.78 is 97.1. The predicted molar refractivity (Wildman–Crippen MR) is 394 cm³/mol. The van der Waals surface area contributed by atoms with Gasteiger partial charge in [-0.3, -0.25) is 33.6 Å². The van der Waals surface area contributed by atoms with Crippen molar-refractivity contribution in [2.75, 3.05) is 13.2 Å². The Hall–Kier alpha value is -7.69. The average molecular weight is 1480 g/mol. The van der Waals surface area contributed by atoms with Gasteiger partial charge in [0.05, 0.1) is 44.5 Å². The summed E-state index contributed by atoms with van der Waals surface area (Å²) in [7, 11) is 0. The second kappa shape index (κ2) is 31.4. The molecule has 0 saturated carbocycles. The van der Waals surface area contributed by atoms with Crippen LogP contribution in [0, 0.1) is 63.4 Å². The molecule has 6 aromatic rings. The highest BCUT2D eigenvalue weighted by molar-refractivity contribution is 7.15. The third-order valence-electron chi connectivity index (χ3n) is 17.7. The Balaban J connectivity index is 1.43. The number of aryl methyl sites for hydroxylation is 2. The lowest BCUT2D eigenvalue weighted by atomic mass is 9.84. The van der Waals surface area contributed by atoms with E-state index in [0.717, 1.165) is 47.3 Å². The van der Waals surface area contributed by atoms with Gasteiger partial charge in [0.2, 0.25) is 11.9 Å². The van der Waals surface area contributed by atoms with Crippen LogP contribution in [0.3, 0.4) is 0 Å². The Morgan fingerprint density at radius 2 is 0.779 bits per heavy atom. The van der Waals surface area contributed by atoms with Crippen LogP contribution >= 0.6 is 22.7 Å². The van der Waals surface area contributed by atoms with Crippen molar-refractivity contribution in [1.82, 2.24) is 0 Å². The number of carbonyl (C=O) groups is 7. The molecule has 2 aliphatic rings. The third-order valence-corrected chi connectivity index (χ3v) is 19.9. The molecular formula is C83H104F2O17S2. The molecule has 0 aliphatic carbocycles. The van der Waals surface area contributed by atoms with Crippen molar-refractivity contribution in [3.05, 3.63) is 164 Å². The van der Waals surface area contributed by atoms with Crippen LogP contribution in [0.15, 0.2) is 109 Å². The molecule has 2 aromatic heterocycles. The van der Waals surface area contributed by atoms with Gasteiger partial charge in [0.1, 0.15) is 36.6 Å². The SMILES string of the molecule is Cc1ccc([C@@H]2O[C@H](CO[C@@]3(c4ccc(C)c(Cc5ccc(-c6ccc(F)cc6)s5)c4)O[C@H](COC(=O)C(C)(C)C)[C@@H](OC(=O)C(C)(C)C)[C@H](OC(=O)C(C)(C)C)[C@H]3OC(=O)C(C)(C)C)[C@@H](OC(=O)C(C)(C)C)[C@H](OC(=O)C(C)(C)C)[C@H]2OC(=O)C(C)(C)C)cc1Cc1ccc(-c2ccc(F)cc2)s1. The molecule has 21 heteroatoms. The van der Waals surface area contributed by atoms with Crippen molar-refractivity contribution in [3.63, 3.8) is 0 Å². The van der Waals surface area contributed by atoms with Gasteiger partial charge in [0.25, 0.3) is 0 Å². The maximum absolute atomic E-state index is 15.3. The van der Waals surface area contributed by atoms with Crippen molar-refractivity contribution in [3.8, 4) is 20.9 Å². The smallest absolute Gasteiger partial charge is 0.311 e. The normalized spacial score (nSPS) is 22.0. The van der Waals surface area contributed by atoms with Crippen molar-refractivity contribution >= 4 is 64.5 Å². The molecule has 8 rings (SSSR count). The maximum Gasteiger partial charge on any atom is 0.311 e. The molecule has 10 atom stereocenters. The summed E-state index contributed by atoms with van der Waals surface area (Å²) in [5.41, 5.74) is -3.21. The lowest BCUT2D eigenvalue weighted by Crippen LogP contribution is -2.69. The third kappa shape index (κ3) is 20.1. The number of benzene rings is 4. The zero-order valence-electron chi connectivity index (χ0n) is 64.4. The van der Waals surface area contributed by atoms with Gasteiger partial charge in [-0.1, -0.05) is 54.6 Å². The Kier molecular flexibility index (Phi) is 24.7. The summed E-state index contributed by atoms with van der Waals surface area (Å²) in [6.07, 6.45) is -14.5. The van der Waals surface area contributed by atoms with Gasteiger partial charge in [0.15, 0.2) is 30.5 Å². The van der Waals surface area contributed by atoms with Crippen LogP contribution in [0.4, 0.5) is 8.78 Å². The first kappa shape index (κ1) is 82.0. The minimum absolute atomic E-state index is 0.132. The van der Waals surface area contributed by atoms with Crippen LogP contribution in [-0.2, 0) is 99.6 Å². The van der Waals surface area contributed by atoms with E-state index in [0.29, 0.717) is 17.5 Å². The Morgan fingerprint density at radius 1 is 0.404 bits per heavy atom. The summed E-state index contributed by atoms with van der Waals surface area (Å²) in [5, 5.41) is 0. The second-order valence-electron chi connectivity index (χ2n) is 34.5. The Labute approximate surface area is 619 Å². The first-order valence-corrected chi connectivity index (χ1v) is 36.9. The highest BCUT2D eigenvalue weighted by Gasteiger charge is 2.65. The Morgan fingerprint density at radius 3 is 1.21 bits per heavy atom. The minimum Gasteiger partial charge on any atom is -0.462 e. The first-order valence-electron chi connectivity index (χ1n) is 35.2. The fourth-order valence-electron chi connectivity index (χ4n) is 11.0. The minimum atomic E-state index is -2.60. The van der Waals surface area contributed by atoms with Gasteiger partial charge in [-0.25, -0.2) is 8.78 Å². The van der Waals surface area contributed by atoms with Crippen molar-refractivity contribution in [2.45, 2.75) is 233 Å². The maximum atomic E-state index is 15.3. The van der Waals surface area contributed by atoms with Gasteiger partial charge in [-0.2, -0.15) is 0 Å². The van der Waals surface area contributed by atoms with Crippen molar-refractivity contribution < 1.29 is 89.7 Å². The van der Waals surface area contributed by atoms with Gasteiger partial charge < -0.3 is 47.4 Å². The van der Waals surface area contributed by atoms with Crippen LogP contribution in [0.25, 0.3) is 20.9 Å². The summed E-state index contributed by atoms with van der Waals surface area (Å²) in [6, 6.07) is 31.2. The quantitative estimate of drug-likeness (QED) is 0.0545. The largest absolute Gasteiger partial charge is 0.462 e. The second-order valence-corrected chi connectivity index (χ2v) is 36.8. The van der Waals surface area contributed by atoms with E-state index in [2.05, 4.69) is 0 Å². The zero-order chi connectivity index (χ0) is 77.4. The molecule has 0 N–H and O–H groups in total. The van der Waals surface area contributed by atoms with E-state index in [-0.39, 0.29) is 23.6 Å². The molecule has 0 unspecified atom stereocenters. The highest BCUT2D eigenvalue weighted by atomic mass is 32.1. The molecule has 17 nitrogen and oxygen atoms in total. The average Bonchev–Trinajstić information content (AvgIpc) is 0.757. The molecule has 2 aliphatic heterocycles. The molecule has 0 spiro atoms. The zero-order valence-corrected chi connectivity index (χ0v) is 66.1. The number of esters is 7. The summed E-state index contributed by atoms with van der Waals surface area (Å²) >= 11 is 3.01. The number of thiophene rings is 2. The van der Waals surface area contributed by atoms with E-state index in [4.69, 9.17) is 47.4 Å². The predicted octanol–water partition coefficient (Wildman–Crippen LogP) is 17.3. The number of carbonyl (C=O) groups excluding carboxylic acids is 7. The molecule has 0 radical (unpaired) electrons. The molecule has 564 valence electrons. The number of hydrogen-bond acceptors (Lipinski definition) is 19. The molecule has 2 fully saturated rings. The summed E-state index contributed by atoms with van der Waals surface area (Å²) in [6.45, 7) is 36.7.